The first kappa shape index (κ1) is 38.1. The summed E-state index contributed by atoms with van der Waals surface area (Å²) in [4.78, 5) is 13.0. The maximum Gasteiger partial charge on any atom is 0.343 e. The van der Waals surface area contributed by atoms with Crippen LogP contribution < -0.4 is 4.74 Å². The third-order valence-electron chi connectivity index (χ3n) is 9.09. The van der Waals surface area contributed by atoms with Gasteiger partial charge in [-0.15, -0.1) is 0 Å². The van der Waals surface area contributed by atoms with E-state index in [1.807, 2.05) is 36.4 Å². The van der Waals surface area contributed by atoms with Crippen molar-refractivity contribution in [2.75, 3.05) is 6.61 Å². The average Bonchev–Trinajstić information content (AvgIpc) is 3.04. The summed E-state index contributed by atoms with van der Waals surface area (Å²) in [6.07, 6.45) is 27.8. The van der Waals surface area contributed by atoms with Gasteiger partial charge in [0.25, 0.3) is 0 Å². The fraction of sp³-hybridized carbons (Fsp3) is 0.683. The molecule has 2 atom stereocenters. The van der Waals surface area contributed by atoms with Crippen LogP contribution in [0.4, 0.5) is 0 Å². The van der Waals surface area contributed by atoms with Gasteiger partial charge in [-0.2, -0.15) is 0 Å². The maximum atomic E-state index is 13.0. The minimum absolute atomic E-state index is 0.0190. The lowest BCUT2D eigenvalue weighted by molar-refractivity contribution is 0.0625. The Morgan fingerprint density at radius 2 is 1.11 bits per heavy atom. The van der Waals surface area contributed by atoms with Crippen molar-refractivity contribution in [1.29, 1.82) is 0 Å². The molecular weight excluding hydrogens is 540 g/mol. The molecule has 0 aliphatic carbocycles. The fourth-order valence-corrected chi connectivity index (χ4v) is 6.22. The van der Waals surface area contributed by atoms with Crippen molar-refractivity contribution < 1.29 is 14.3 Å². The van der Waals surface area contributed by atoms with Crippen molar-refractivity contribution in [1.82, 2.24) is 0 Å². The first-order chi connectivity index (χ1) is 21.6. The molecule has 0 aromatic heterocycles. The molecule has 44 heavy (non-hydrogen) atoms. The highest BCUT2D eigenvalue weighted by Gasteiger charge is 2.18. The van der Waals surface area contributed by atoms with E-state index < -0.39 is 0 Å². The number of esters is 1. The van der Waals surface area contributed by atoms with Crippen LogP contribution in [-0.2, 0) is 4.74 Å². The van der Waals surface area contributed by atoms with Gasteiger partial charge in [-0.25, -0.2) is 4.79 Å². The second-order valence-electron chi connectivity index (χ2n) is 13.0. The third kappa shape index (κ3) is 16.3. The Hall–Kier alpha value is -2.13. The second kappa shape index (κ2) is 25.1. The number of carbonyl (C=O) groups excluding carboxylic acids is 1. The monoisotopic (exact) mass is 607 g/mol. The molecule has 0 spiro atoms. The first-order valence-corrected chi connectivity index (χ1v) is 18.6. The number of benzene rings is 2. The first-order valence-electron chi connectivity index (χ1n) is 18.6. The van der Waals surface area contributed by atoms with Crippen LogP contribution in [0.2, 0.25) is 0 Å². The van der Waals surface area contributed by atoms with Crippen LogP contribution in [0.1, 0.15) is 196 Å². The van der Waals surface area contributed by atoms with Gasteiger partial charge in [0.2, 0.25) is 0 Å². The minimum Gasteiger partial charge on any atom is -0.423 e. The standard InChI is InChI=1S/C41H66O3/c1-5-8-10-11-12-13-14-15-16-17-18-19-20-21-22-25-34-43-35(4)36-30-32-38(33-31-36)41(42)44-40-29-24-23-28-39(40)37(26-7-3)27-9-6-2/h23-24,28-33,35,37H,5-22,25-27,34H2,1-4H3. The molecule has 0 fully saturated rings. The number of rotatable bonds is 27. The van der Waals surface area contributed by atoms with Crippen LogP contribution in [0.25, 0.3) is 0 Å². The molecule has 0 amide bonds. The van der Waals surface area contributed by atoms with E-state index >= 15 is 0 Å². The van der Waals surface area contributed by atoms with Gasteiger partial charge in [0.15, 0.2) is 0 Å². The van der Waals surface area contributed by atoms with Gasteiger partial charge in [0.05, 0.1) is 11.7 Å². The van der Waals surface area contributed by atoms with Crippen molar-refractivity contribution in [3.05, 3.63) is 65.2 Å². The van der Waals surface area contributed by atoms with Crippen LogP contribution in [0.15, 0.2) is 48.5 Å². The molecule has 2 rings (SSSR count). The number of unbranched alkanes of at least 4 members (excludes halogenated alkanes) is 16. The SMILES string of the molecule is CCCCCCCCCCCCCCCCCCOC(C)c1ccc(C(=O)Oc2ccccc2C(CCC)CCCC)cc1. The summed E-state index contributed by atoms with van der Waals surface area (Å²) in [7, 11) is 0. The zero-order valence-corrected chi connectivity index (χ0v) is 29.1. The summed E-state index contributed by atoms with van der Waals surface area (Å²) in [5.41, 5.74) is 2.83. The van der Waals surface area contributed by atoms with E-state index in [4.69, 9.17) is 9.47 Å². The second-order valence-corrected chi connectivity index (χ2v) is 13.0. The zero-order valence-electron chi connectivity index (χ0n) is 29.1. The van der Waals surface area contributed by atoms with Gasteiger partial charge in [-0.3, -0.25) is 0 Å². The van der Waals surface area contributed by atoms with E-state index in [1.54, 1.807) is 0 Å². The topological polar surface area (TPSA) is 35.5 Å². The van der Waals surface area contributed by atoms with E-state index in [9.17, 15) is 4.79 Å². The summed E-state index contributed by atoms with van der Waals surface area (Å²) in [5, 5.41) is 0. The highest BCUT2D eigenvalue weighted by molar-refractivity contribution is 5.91. The third-order valence-corrected chi connectivity index (χ3v) is 9.09. The highest BCUT2D eigenvalue weighted by Crippen LogP contribution is 2.34. The van der Waals surface area contributed by atoms with Crippen molar-refractivity contribution in [3.8, 4) is 5.75 Å². The predicted octanol–water partition coefficient (Wildman–Crippen LogP) is 13.3. The lowest BCUT2D eigenvalue weighted by Gasteiger charge is -2.19. The van der Waals surface area contributed by atoms with Crippen molar-refractivity contribution in [2.45, 2.75) is 175 Å². The van der Waals surface area contributed by atoms with Crippen molar-refractivity contribution >= 4 is 5.97 Å². The molecule has 2 aromatic rings. The summed E-state index contributed by atoms with van der Waals surface area (Å²) in [6.45, 7) is 9.63. The van der Waals surface area contributed by atoms with E-state index in [2.05, 4.69) is 39.8 Å². The highest BCUT2D eigenvalue weighted by atomic mass is 16.5. The molecule has 0 aliphatic rings. The Kier molecular flexibility index (Phi) is 21.7. The summed E-state index contributed by atoms with van der Waals surface area (Å²) in [5.74, 6) is 0.835. The maximum absolute atomic E-state index is 13.0. The molecule has 0 heterocycles. The van der Waals surface area contributed by atoms with E-state index in [-0.39, 0.29) is 12.1 Å². The van der Waals surface area contributed by atoms with Gasteiger partial charge in [-0.1, -0.05) is 167 Å². The van der Waals surface area contributed by atoms with Gasteiger partial charge in [0.1, 0.15) is 5.75 Å². The van der Waals surface area contributed by atoms with Crippen LogP contribution in [0.5, 0.6) is 5.75 Å². The van der Waals surface area contributed by atoms with Gasteiger partial charge in [-0.05, 0) is 61.4 Å². The molecule has 0 bridgehead atoms. The molecule has 2 unspecified atom stereocenters. The largest absolute Gasteiger partial charge is 0.423 e. The Morgan fingerprint density at radius 3 is 1.66 bits per heavy atom. The van der Waals surface area contributed by atoms with E-state index in [0.29, 0.717) is 17.2 Å². The van der Waals surface area contributed by atoms with Crippen molar-refractivity contribution in [3.63, 3.8) is 0 Å². The van der Waals surface area contributed by atoms with Crippen LogP contribution in [-0.4, -0.2) is 12.6 Å². The van der Waals surface area contributed by atoms with Crippen LogP contribution >= 0.6 is 0 Å². The Labute approximate surface area is 271 Å². The number of hydrogen-bond donors (Lipinski definition) is 0. The van der Waals surface area contributed by atoms with E-state index in [0.717, 1.165) is 43.4 Å². The van der Waals surface area contributed by atoms with Gasteiger partial charge in [0, 0.05) is 6.61 Å². The Bertz CT molecular complexity index is 966. The molecule has 2 aromatic carbocycles. The predicted molar refractivity (Wildman–Crippen MR) is 189 cm³/mol. The Balaban J connectivity index is 1.59. The number of para-hydroxylation sites is 1. The lowest BCUT2D eigenvalue weighted by Crippen LogP contribution is -2.12. The number of ether oxygens (including phenoxy) is 2. The molecule has 3 nitrogen and oxygen atoms in total. The molecule has 0 aliphatic heterocycles. The fourth-order valence-electron chi connectivity index (χ4n) is 6.22. The molecule has 0 saturated carbocycles. The molecule has 248 valence electrons. The average molecular weight is 607 g/mol. The molecule has 0 saturated heterocycles. The number of carbonyl (C=O) groups is 1. The quantitative estimate of drug-likeness (QED) is 0.0576. The normalized spacial score (nSPS) is 12.7. The van der Waals surface area contributed by atoms with Gasteiger partial charge >= 0.3 is 5.97 Å². The van der Waals surface area contributed by atoms with E-state index in [1.165, 1.54) is 109 Å². The van der Waals surface area contributed by atoms with Crippen molar-refractivity contribution in [2.24, 2.45) is 0 Å². The zero-order chi connectivity index (χ0) is 31.7. The molecular formula is C41H66O3. The lowest BCUT2D eigenvalue weighted by atomic mass is 9.89. The summed E-state index contributed by atoms with van der Waals surface area (Å²) in [6, 6.07) is 15.8. The Morgan fingerprint density at radius 1 is 0.591 bits per heavy atom. The van der Waals surface area contributed by atoms with Crippen LogP contribution in [0.3, 0.4) is 0 Å². The van der Waals surface area contributed by atoms with Gasteiger partial charge < -0.3 is 9.47 Å². The molecule has 0 N–H and O–H groups in total. The summed E-state index contributed by atoms with van der Waals surface area (Å²) < 4.78 is 12.1. The summed E-state index contributed by atoms with van der Waals surface area (Å²) >= 11 is 0. The van der Waals surface area contributed by atoms with Crippen LogP contribution in [0, 0.1) is 0 Å². The minimum atomic E-state index is -0.295. The molecule has 0 radical (unpaired) electrons. The smallest absolute Gasteiger partial charge is 0.343 e. The molecule has 3 heteroatoms. The number of hydrogen-bond acceptors (Lipinski definition) is 3.